The van der Waals surface area contributed by atoms with E-state index in [4.69, 9.17) is 30.5 Å². The molecule has 0 aromatic heterocycles. The number of allylic oxidation sites excluding steroid dienone is 4. The average molecular weight is 467 g/mol. The van der Waals surface area contributed by atoms with Gasteiger partial charge in [0.05, 0.1) is 11.0 Å². The van der Waals surface area contributed by atoms with E-state index >= 15 is 0 Å². The Morgan fingerprint density at radius 1 is 1.09 bits per heavy atom. The van der Waals surface area contributed by atoms with E-state index in [1.54, 1.807) is 0 Å². The quantitative estimate of drug-likeness (QED) is 0.394. The summed E-state index contributed by atoms with van der Waals surface area (Å²) in [6.45, 7) is 11.6. The van der Waals surface area contributed by atoms with E-state index in [9.17, 15) is 5.11 Å². The molecule has 3 saturated carbocycles. The summed E-state index contributed by atoms with van der Waals surface area (Å²) >= 11 is 7.59. The van der Waals surface area contributed by atoms with Crippen molar-refractivity contribution in [2.45, 2.75) is 89.1 Å². The molecule has 0 bridgehead atoms. The molecule has 9 atom stereocenters. The molecule has 2 aliphatic heterocycles. The Labute approximate surface area is 197 Å². The number of alkyl halides is 1. The van der Waals surface area contributed by atoms with Gasteiger partial charge in [-0.1, -0.05) is 58.4 Å². The Balaban J connectivity index is 0.00000105. The fraction of sp³-hybridized carbons (Fsp3) is 0.846. The highest BCUT2D eigenvalue weighted by molar-refractivity contribution is 6.26. The molecule has 6 aliphatic rings. The smallest absolute Gasteiger partial charge is 0.227 e. The lowest BCUT2D eigenvalue weighted by molar-refractivity contribution is -0.264. The number of hydrogen-bond acceptors (Lipinski definition) is 5. The number of ether oxygens (including phenoxy) is 4. The molecule has 5 nitrogen and oxygen atoms in total. The van der Waals surface area contributed by atoms with Gasteiger partial charge in [0.2, 0.25) is 5.79 Å². The second kappa shape index (κ2) is 7.53. The van der Waals surface area contributed by atoms with Crippen LogP contribution in [0, 0.1) is 28.6 Å². The first-order valence-corrected chi connectivity index (χ1v) is 12.9. The van der Waals surface area contributed by atoms with Crippen molar-refractivity contribution in [3.8, 4) is 0 Å². The summed E-state index contributed by atoms with van der Waals surface area (Å²) < 4.78 is 24.4. The van der Waals surface area contributed by atoms with E-state index in [1.807, 2.05) is 13.8 Å². The Morgan fingerprint density at radius 3 is 2.56 bits per heavy atom. The van der Waals surface area contributed by atoms with Crippen LogP contribution in [0.3, 0.4) is 0 Å². The van der Waals surface area contributed by atoms with Crippen LogP contribution in [-0.4, -0.2) is 47.7 Å². The lowest BCUT2D eigenvalue weighted by atomic mass is 9.45. The third-order valence-electron chi connectivity index (χ3n) is 10.0. The maximum Gasteiger partial charge on any atom is 0.227 e. The van der Waals surface area contributed by atoms with Crippen molar-refractivity contribution in [3.63, 3.8) is 0 Å². The van der Waals surface area contributed by atoms with Crippen LogP contribution >= 0.6 is 11.6 Å². The first-order chi connectivity index (χ1) is 15.3. The summed E-state index contributed by atoms with van der Waals surface area (Å²) in [6, 6.07) is 0. The van der Waals surface area contributed by atoms with Gasteiger partial charge in [0.15, 0.2) is 13.6 Å². The van der Waals surface area contributed by atoms with Crippen molar-refractivity contribution in [3.05, 3.63) is 23.8 Å². The van der Waals surface area contributed by atoms with Gasteiger partial charge in [0.25, 0.3) is 0 Å². The van der Waals surface area contributed by atoms with E-state index < -0.39 is 22.4 Å². The van der Waals surface area contributed by atoms with Crippen LogP contribution in [0.15, 0.2) is 23.8 Å². The molecule has 180 valence electrons. The highest BCUT2D eigenvalue weighted by Crippen LogP contribution is 2.74. The fourth-order valence-electron chi connectivity index (χ4n) is 8.87. The highest BCUT2D eigenvalue weighted by Gasteiger charge is 2.80. The van der Waals surface area contributed by atoms with E-state index in [2.05, 4.69) is 39.0 Å². The second-order valence-electron chi connectivity index (χ2n) is 10.9. The van der Waals surface area contributed by atoms with Gasteiger partial charge in [-0.05, 0) is 49.9 Å². The summed E-state index contributed by atoms with van der Waals surface area (Å²) in [5.74, 6) is -0.154. The van der Waals surface area contributed by atoms with Gasteiger partial charge in [0.1, 0.15) is 12.2 Å². The van der Waals surface area contributed by atoms with E-state index in [0.717, 1.165) is 25.7 Å². The molecule has 0 aromatic rings. The molecule has 5 fully saturated rings. The molecule has 1 N–H and O–H groups in total. The normalized spacial score (nSPS) is 55.8. The molecule has 2 heterocycles. The minimum atomic E-state index is -0.893. The summed E-state index contributed by atoms with van der Waals surface area (Å²) in [7, 11) is 0. The topological polar surface area (TPSA) is 57.2 Å². The van der Waals surface area contributed by atoms with Crippen molar-refractivity contribution in [2.24, 2.45) is 28.6 Å². The van der Waals surface area contributed by atoms with Gasteiger partial charge >= 0.3 is 0 Å². The van der Waals surface area contributed by atoms with Crippen molar-refractivity contribution < 1.29 is 24.1 Å². The SMILES string of the molecule is CC.C[C@H]1C[C@H]2[C@@H]3CCC4=CCC=C[C@]4(C)[C@@]3(Cl)[C@@H](O)C[C@]2(C)[C@]12OCOC21COCO1. The van der Waals surface area contributed by atoms with E-state index in [1.165, 1.54) is 5.57 Å². The third kappa shape index (κ3) is 2.43. The van der Waals surface area contributed by atoms with E-state index in [0.29, 0.717) is 18.9 Å². The molecule has 1 unspecified atom stereocenters. The highest BCUT2D eigenvalue weighted by atomic mass is 35.5. The van der Waals surface area contributed by atoms with Crippen LogP contribution < -0.4 is 0 Å². The van der Waals surface area contributed by atoms with Crippen LogP contribution in [0.1, 0.15) is 66.7 Å². The van der Waals surface area contributed by atoms with Gasteiger partial charge in [-0.3, -0.25) is 0 Å². The Kier molecular flexibility index (Phi) is 5.49. The summed E-state index contributed by atoms with van der Waals surface area (Å²) in [5, 5.41) is 11.8. The largest absolute Gasteiger partial charge is 0.391 e. The fourth-order valence-corrected chi connectivity index (χ4v) is 9.40. The van der Waals surface area contributed by atoms with Gasteiger partial charge in [0, 0.05) is 10.8 Å². The number of rotatable bonds is 0. The first-order valence-electron chi connectivity index (χ1n) is 12.5. The molecular weight excluding hydrogens is 428 g/mol. The zero-order valence-electron chi connectivity index (χ0n) is 20.2. The Bertz CT molecular complexity index is 816. The van der Waals surface area contributed by atoms with Gasteiger partial charge in [-0.2, -0.15) is 0 Å². The van der Waals surface area contributed by atoms with Gasteiger partial charge in [-0.25, -0.2) is 0 Å². The lowest BCUT2D eigenvalue weighted by Crippen LogP contribution is -2.71. The van der Waals surface area contributed by atoms with Gasteiger partial charge < -0.3 is 24.1 Å². The molecule has 6 heteroatoms. The number of halogens is 1. The standard InChI is InChI=1S/C24H33ClO5.C2H6/c1-15-10-18-17-8-7-16-6-4-5-9-20(16,2)23(17,25)19(26)11-21(18,3)24(15)22(29-14-30-24)12-27-13-28-22;1-2/h5-6,9,15,17-19,26H,4,7-8,10-14H2,1-3H3;1-2H3/t15-,17-,18-,19-,20-,21-,22?,23-,24+;/m0./s1. The molecule has 32 heavy (non-hydrogen) atoms. The minimum Gasteiger partial charge on any atom is -0.391 e. The van der Waals surface area contributed by atoms with Crippen LogP contribution in [0.5, 0.6) is 0 Å². The summed E-state index contributed by atoms with van der Waals surface area (Å²) in [5.41, 5.74) is 0.131. The minimum absolute atomic E-state index is 0.197. The number of aliphatic hydroxyl groups is 1. The average Bonchev–Trinajstić information content (AvgIpc) is 3.46. The Hall–Kier alpha value is -0.430. The van der Waals surface area contributed by atoms with Crippen molar-refractivity contribution in [2.75, 3.05) is 20.2 Å². The molecule has 0 radical (unpaired) electrons. The van der Waals surface area contributed by atoms with Crippen LogP contribution in [-0.2, 0) is 18.9 Å². The molecule has 2 spiro atoms. The predicted molar refractivity (Wildman–Crippen MR) is 123 cm³/mol. The molecule has 6 rings (SSSR count). The van der Waals surface area contributed by atoms with Gasteiger partial charge in [-0.15, -0.1) is 11.6 Å². The lowest BCUT2D eigenvalue weighted by Gasteiger charge is -2.64. The number of hydrogen-bond donors (Lipinski definition) is 1. The van der Waals surface area contributed by atoms with Crippen molar-refractivity contribution >= 4 is 11.6 Å². The summed E-state index contributed by atoms with van der Waals surface area (Å²) in [4.78, 5) is -0.705. The van der Waals surface area contributed by atoms with E-state index in [-0.39, 0.29) is 36.3 Å². The number of aliphatic hydroxyl groups excluding tert-OH is 1. The monoisotopic (exact) mass is 466 g/mol. The van der Waals surface area contributed by atoms with Crippen LogP contribution in [0.2, 0.25) is 0 Å². The maximum atomic E-state index is 11.8. The molecular formula is C26H39ClO5. The Morgan fingerprint density at radius 2 is 1.84 bits per heavy atom. The first kappa shape index (κ1) is 23.3. The second-order valence-corrected chi connectivity index (χ2v) is 11.5. The van der Waals surface area contributed by atoms with Crippen molar-refractivity contribution in [1.82, 2.24) is 0 Å². The zero-order chi connectivity index (χ0) is 23.0. The van der Waals surface area contributed by atoms with Crippen LogP contribution in [0.25, 0.3) is 0 Å². The summed E-state index contributed by atoms with van der Waals surface area (Å²) in [6.07, 6.45) is 10.7. The maximum absolute atomic E-state index is 11.8. The molecule has 2 saturated heterocycles. The van der Waals surface area contributed by atoms with Crippen LogP contribution in [0.4, 0.5) is 0 Å². The van der Waals surface area contributed by atoms with Crippen molar-refractivity contribution in [1.29, 1.82) is 0 Å². The third-order valence-corrected chi connectivity index (χ3v) is 11.0. The molecule has 0 aromatic carbocycles. The zero-order valence-corrected chi connectivity index (χ0v) is 20.9. The molecule has 4 aliphatic carbocycles. The number of fused-ring (bicyclic) bond motifs is 7. The predicted octanol–water partition coefficient (Wildman–Crippen LogP) is 5.16. The molecule has 0 amide bonds.